The predicted molar refractivity (Wildman–Crippen MR) is 130 cm³/mol. The van der Waals surface area contributed by atoms with Crippen molar-refractivity contribution in [2.24, 2.45) is 0 Å². The minimum atomic E-state index is -0.218. The van der Waals surface area contributed by atoms with Gasteiger partial charge in [-0.3, -0.25) is 9.78 Å². The van der Waals surface area contributed by atoms with Crippen LogP contribution in [0.5, 0.6) is 11.5 Å². The summed E-state index contributed by atoms with van der Waals surface area (Å²) >= 11 is 0. The summed E-state index contributed by atoms with van der Waals surface area (Å²) < 4.78 is 10.9. The van der Waals surface area contributed by atoms with Gasteiger partial charge in [0.2, 0.25) is 6.79 Å². The van der Waals surface area contributed by atoms with Crippen molar-refractivity contribution >= 4 is 11.6 Å². The fourth-order valence-corrected chi connectivity index (χ4v) is 4.04. The zero-order chi connectivity index (χ0) is 23.5. The van der Waals surface area contributed by atoms with Gasteiger partial charge in [-0.15, -0.1) is 0 Å². The van der Waals surface area contributed by atoms with Crippen molar-refractivity contribution in [1.82, 2.24) is 15.0 Å². The maximum absolute atomic E-state index is 13.3. The van der Waals surface area contributed by atoms with E-state index in [1.807, 2.05) is 36.4 Å². The Kier molecular flexibility index (Phi) is 5.91. The van der Waals surface area contributed by atoms with Gasteiger partial charge in [-0.05, 0) is 46.9 Å². The fraction of sp³-hybridized carbons (Fsp3) is 0.185. The molecule has 0 spiro atoms. The van der Waals surface area contributed by atoms with E-state index in [0.717, 1.165) is 35.1 Å². The van der Waals surface area contributed by atoms with Crippen LogP contribution in [0.2, 0.25) is 0 Å². The number of pyridine rings is 1. The molecule has 0 amide bonds. The second-order valence-electron chi connectivity index (χ2n) is 8.14. The van der Waals surface area contributed by atoms with Crippen LogP contribution in [0.1, 0.15) is 35.0 Å². The lowest BCUT2D eigenvalue weighted by atomic mass is 9.97. The number of nitrogens with two attached hydrogens (primary N) is 1. The van der Waals surface area contributed by atoms with Crippen molar-refractivity contribution in [3.05, 3.63) is 83.9 Å². The van der Waals surface area contributed by atoms with E-state index in [0.29, 0.717) is 17.2 Å². The Morgan fingerprint density at radius 2 is 1.79 bits per heavy atom. The number of ketones is 1. The number of aromatic nitrogens is 3. The highest BCUT2D eigenvalue weighted by Gasteiger charge is 2.19. The number of Topliss-reactive ketones (excluding diaryl/α,β-unsaturated/α-hetero) is 1. The van der Waals surface area contributed by atoms with Crippen LogP contribution in [0.25, 0.3) is 22.4 Å². The number of fused-ring (bicyclic) bond motifs is 1. The number of carbonyl (C=O) groups is 1. The molecule has 3 heterocycles. The van der Waals surface area contributed by atoms with Gasteiger partial charge in [0.25, 0.3) is 0 Å². The average molecular weight is 453 g/mol. The molecule has 0 atom stereocenters. The molecule has 0 aliphatic carbocycles. The molecule has 170 valence electrons. The number of carbonyl (C=O) groups excluding carboxylic acids is 1. The molecule has 1 aliphatic rings. The smallest absolute Gasteiger partial charge is 0.231 e. The molecular weight excluding hydrogens is 428 g/mol. The second kappa shape index (κ2) is 9.31. The number of rotatable bonds is 7. The Bertz CT molecular complexity index is 1350. The second-order valence-corrected chi connectivity index (χ2v) is 8.14. The predicted octanol–water partition coefficient (Wildman–Crippen LogP) is 4.89. The van der Waals surface area contributed by atoms with E-state index in [-0.39, 0.29) is 30.5 Å². The number of anilines is 1. The lowest BCUT2D eigenvalue weighted by Gasteiger charge is -2.11. The molecule has 0 unspecified atom stereocenters. The quantitative estimate of drug-likeness (QED) is 0.398. The van der Waals surface area contributed by atoms with Gasteiger partial charge in [0.05, 0.1) is 11.9 Å². The molecule has 2 aromatic carbocycles. The molecule has 4 aromatic rings. The van der Waals surface area contributed by atoms with Crippen LogP contribution in [-0.2, 0) is 12.8 Å². The van der Waals surface area contributed by atoms with E-state index in [2.05, 4.69) is 34.0 Å². The van der Waals surface area contributed by atoms with E-state index < -0.39 is 0 Å². The fourth-order valence-electron chi connectivity index (χ4n) is 4.04. The number of nitrogen functional groups attached to an aromatic ring is 1. The summed E-state index contributed by atoms with van der Waals surface area (Å²) in [6.45, 7) is 2.35. The number of aryl methyl sites for hydroxylation is 1. The van der Waals surface area contributed by atoms with Gasteiger partial charge in [0, 0.05) is 24.4 Å². The summed E-state index contributed by atoms with van der Waals surface area (Å²) in [6, 6.07) is 15.7. The molecule has 2 N–H and O–H groups in total. The first-order chi connectivity index (χ1) is 16.6. The Labute approximate surface area is 197 Å². The average Bonchev–Trinajstić information content (AvgIpc) is 3.33. The Hall–Kier alpha value is -4.26. The molecule has 0 bridgehead atoms. The highest BCUT2D eigenvalue weighted by atomic mass is 16.7. The first kappa shape index (κ1) is 21.6. The van der Waals surface area contributed by atoms with Gasteiger partial charge in [0.1, 0.15) is 5.69 Å². The van der Waals surface area contributed by atoms with Crippen molar-refractivity contribution in [2.45, 2.75) is 26.2 Å². The normalized spacial score (nSPS) is 12.0. The highest BCUT2D eigenvalue weighted by Crippen LogP contribution is 2.37. The molecule has 7 heteroatoms. The molecule has 0 fully saturated rings. The minimum Gasteiger partial charge on any atom is -0.454 e. The summed E-state index contributed by atoms with van der Waals surface area (Å²) in [5, 5.41) is 0. The van der Waals surface area contributed by atoms with Crippen LogP contribution in [0.15, 0.2) is 67.1 Å². The zero-order valence-corrected chi connectivity index (χ0v) is 18.8. The van der Waals surface area contributed by atoms with Gasteiger partial charge >= 0.3 is 0 Å². The molecular formula is C27H24N4O3. The standard InChI is InChI=1S/C27H24N4O3/c1-2-3-17-4-6-18(7-5-17)22-15-30-27(28)26(31-22)23(32)12-20-14-29-11-10-21(20)19-8-9-24-25(13-19)34-16-33-24/h4-11,13-15H,2-3,12,16H2,1H3,(H2,28,30). The zero-order valence-electron chi connectivity index (χ0n) is 18.8. The molecule has 34 heavy (non-hydrogen) atoms. The Morgan fingerprint density at radius 1 is 1.00 bits per heavy atom. The molecule has 7 nitrogen and oxygen atoms in total. The van der Waals surface area contributed by atoms with Crippen LogP contribution >= 0.6 is 0 Å². The van der Waals surface area contributed by atoms with Crippen LogP contribution in [-0.4, -0.2) is 27.5 Å². The van der Waals surface area contributed by atoms with E-state index in [1.165, 1.54) is 5.56 Å². The van der Waals surface area contributed by atoms with E-state index in [1.54, 1.807) is 18.6 Å². The van der Waals surface area contributed by atoms with Gasteiger partial charge in [0.15, 0.2) is 23.1 Å². The Morgan fingerprint density at radius 3 is 2.62 bits per heavy atom. The first-order valence-electron chi connectivity index (χ1n) is 11.2. The molecule has 1 aliphatic heterocycles. The largest absolute Gasteiger partial charge is 0.454 e. The van der Waals surface area contributed by atoms with Crippen LogP contribution in [0.4, 0.5) is 5.82 Å². The third-order valence-electron chi connectivity index (χ3n) is 5.79. The molecule has 0 saturated heterocycles. The maximum Gasteiger partial charge on any atom is 0.231 e. The minimum absolute atomic E-state index is 0.0926. The number of nitrogens with zero attached hydrogens (tertiary/aromatic N) is 3. The van der Waals surface area contributed by atoms with Crippen LogP contribution < -0.4 is 15.2 Å². The third kappa shape index (κ3) is 4.32. The summed E-state index contributed by atoms with van der Waals surface area (Å²) in [5.41, 5.74) is 11.5. The van der Waals surface area contributed by atoms with E-state index in [9.17, 15) is 4.79 Å². The van der Waals surface area contributed by atoms with Crippen molar-refractivity contribution in [3.8, 4) is 33.9 Å². The maximum atomic E-state index is 13.3. The SMILES string of the molecule is CCCc1ccc(-c2cnc(N)c(C(=O)Cc3cnccc3-c3ccc4c(c3)OCO4)n2)cc1. The molecule has 2 aromatic heterocycles. The monoisotopic (exact) mass is 452 g/mol. The lowest BCUT2D eigenvalue weighted by Crippen LogP contribution is -2.12. The summed E-state index contributed by atoms with van der Waals surface area (Å²) in [5.74, 6) is 1.28. The molecule has 0 saturated carbocycles. The number of hydrogen-bond acceptors (Lipinski definition) is 7. The van der Waals surface area contributed by atoms with Crippen LogP contribution in [0.3, 0.4) is 0 Å². The van der Waals surface area contributed by atoms with Crippen molar-refractivity contribution < 1.29 is 14.3 Å². The van der Waals surface area contributed by atoms with Crippen molar-refractivity contribution in [1.29, 1.82) is 0 Å². The van der Waals surface area contributed by atoms with Gasteiger partial charge in [-0.25, -0.2) is 9.97 Å². The van der Waals surface area contributed by atoms with Gasteiger partial charge < -0.3 is 15.2 Å². The van der Waals surface area contributed by atoms with E-state index in [4.69, 9.17) is 15.2 Å². The van der Waals surface area contributed by atoms with Gasteiger partial charge in [-0.1, -0.05) is 43.7 Å². The number of ether oxygens (including phenoxy) is 2. The van der Waals surface area contributed by atoms with Crippen molar-refractivity contribution in [3.63, 3.8) is 0 Å². The molecule has 0 radical (unpaired) electrons. The Balaban J connectivity index is 1.42. The topological polar surface area (TPSA) is 100 Å². The van der Waals surface area contributed by atoms with Crippen LogP contribution in [0, 0.1) is 0 Å². The van der Waals surface area contributed by atoms with Crippen molar-refractivity contribution in [2.75, 3.05) is 12.5 Å². The third-order valence-corrected chi connectivity index (χ3v) is 5.79. The summed E-state index contributed by atoms with van der Waals surface area (Å²) in [4.78, 5) is 26.3. The number of hydrogen-bond donors (Lipinski definition) is 1. The summed E-state index contributed by atoms with van der Waals surface area (Å²) in [6.07, 6.45) is 7.19. The molecule has 5 rings (SSSR count). The summed E-state index contributed by atoms with van der Waals surface area (Å²) in [7, 11) is 0. The van der Waals surface area contributed by atoms with E-state index >= 15 is 0 Å². The lowest BCUT2D eigenvalue weighted by molar-refractivity contribution is 0.0989. The van der Waals surface area contributed by atoms with Gasteiger partial charge in [-0.2, -0.15) is 0 Å². The first-order valence-corrected chi connectivity index (χ1v) is 11.2. The highest BCUT2D eigenvalue weighted by molar-refractivity contribution is 6.00. The number of benzene rings is 2.